The van der Waals surface area contributed by atoms with Crippen molar-refractivity contribution < 1.29 is 18.0 Å². The van der Waals surface area contributed by atoms with Gasteiger partial charge in [0.2, 0.25) is 0 Å². The van der Waals surface area contributed by atoms with Crippen LogP contribution in [0.5, 0.6) is 0 Å². The first-order valence-electron chi connectivity index (χ1n) is 7.98. The predicted octanol–water partition coefficient (Wildman–Crippen LogP) is 4.37. The van der Waals surface area contributed by atoms with Crippen LogP contribution in [0.2, 0.25) is 0 Å². The zero-order chi connectivity index (χ0) is 18.2. The number of halogens is 3. The summed E-state index contributed by atoms with van der Waals surface area (Å²) in [5.74, 6) is 0. The molecule has 1 aliphatic rings. The Kier molecular flexibility index (Phi) is 4.73. The number of carbonyl (C=O) groups is 1. The van der Waals surface area contributed by atoms with Crippen LogP contribution in [0.1, 0.15) is 30.2 Å². The van der Waals surface area contributed by atoms with E-state index < -0.39 is 11.7 Å². The number of aryl methyl sites for hydroxylation is 1. The molecule has 0 radical (unpaired) electrons. The van der Waals surface area contributed by atoms with Gasteiger partial charge in [0.05, 0.1) is 5.56 Å². The molecule has 0 unspecified atom stereocenters. The molecule has 1 aromatic heterocycles. The summed E-state index contributed by atoms with van der Waals surface area (Å²) in [7, 11) is 0. The van der Waals surface area contributed by atoms with E-state index in [1.165, 1.54) is 23.5 Å². The summed E-state index contributed by atoms with van der Waals surface area (Å²) in [6.07, 6.45) is -0.677. The molecular weight excluding hydrogens is 351 g/mol. The third kappa shape index (κ3) is 3.78. The number of amides is 2. The Morgan fingerprint density at radius 1 is 1.28 bits per heavy atom. The lowest BCUT2D eigenvalue weighted by atomic mass is 10.2. The normalized spacial score (nSPS) is 18.8. The van der Waals surface area contributed by atoms with Gasteiger partial charge in [-0.1, -0.05) is 0 Å². The van der Waals surface area contributed by atoms with E-state index in [-0.39, 0.29) is 12.1 Å². The second-order valence-corrected chi connectivity index (χ2v) is 7.33. The summed E-state index contributed by atoms with van der Waals surface area (Å²) in [5, 5.41) is 0. The Labute approximate surface area is 147 Å². The number of rotatable bonds is 1. The van der Waals surface area contributed by atoms with Crippen molar-refractivity contribution in [1.82, 2.24) is 9.47 Å². The smallest absolute Gasteiger partial charge is 0.320 e. The summed E-state index contributed by atoms with van der Waals surface area (Å²) in [4.78, 5) is 19.7. The Balaban J connectivity index is 1.96. The molecule has 1 saturated heterocycles. The van der Waals surface area contributed by atoms with E-state index >= 15 is 0 Å². The fourth-order valence-electron chi connectivity index (χ4n) is 2.89. The first-order chi connectivity index (χ1) is 11.8. The van der Waals surface area contributed by atoms with Gasteiger partial charge in [0, 0.05) is 29.3 Å². The van der Waals surface area contributed by atoms with Crippen LogP contribution in [-0.2, 0) is 6.18 Å². The van der Waals surface area contributed by atoms with Gasteiger partial charge in [-0.3, -0.25) is 4.57 Å². The fourth-order valence-corrected chi connectivity index (χ4v) is 3.72. The van der Waals surface area contributed by atoms with Gasteiger partial charge in [-0.15, -0.1) is 11.3 Å². The molecular formula is C17H18F3N3OS. The molecule has 134 valence electrons. The maximum absolute atomic E-state index is 12.7. The third-order valence-electron chi connectivity index (χ3n) is 4.23. The van der Waals surface area contributed by atoms with E-state index in [1.54, 1.807) is 15.7 Å². The summed E-state index contributed by atoms with van der Waals surface area (Å²) in [6.45, 7) is 4.55. The largest absolute Gasteiger partial charge is 0.416 e. The van der Waals surface area contributed by atoms with E-state index in [0.29, 0.717) is 17.0 Å². The highest BCUT2D eigenvalue weighted by molar-refractivity contribution is 7.09. The molecule has 2 aromatic rings. The first kappa shape index (κ1) is 17.7. The van der Waals surface area contributed by atoms with Crippen LogP contribution in [0.25, 0.3) is 5.69 Å². The number of alkyl halides is 3. The first-order valence-corrected chi connectivity index (χ1v) is 8.79. The van der Waals surface area contributed by atoms with Gasteiger partial charge in [0.15, 0.2) is 4.80 Å². The Morgan fingerprint density at radius 2 is 1.96 bits per heavy atom. The molecule has 8 heteroatoms. The number of thiazole rings is 1. The lowest BCUT2D eigenvalue weighted by Gasteiger charge is -2.18. The van der Waals surface area contributed by atoms with Crippen molar-refractivity contribution in [2.45, 2.75) is 38.9 Å². The Hall–Kier alpha value is -2.09. The standard InChI is InChI=1S/C17H18F3N3OS/c1-11-4-3-9-22(11)15(24)21-16-23(10-12(2)25-16)14-7-5-13(6-8-14)17(18,19)20/h5-8,10-11H,3-4,9H2,1-2H3/t11-/m1/s1. The van der Waals surface area contributed by atoms with E-state index in [0.717, 1.165) is 29.9 Å². The number of aromatic nitrogens is 1. The molecule has 0 N–H and O–H groups in total. The summed E-state index contributed by atoms with van der Waals surface area (Å²) >= 11 is 1.33. The van der Waals surface area contributed by atoms with Gasteiger partial charge in [0.25, 0.3) is 0 Å². The number of benzene rings is 1. The van der Waals surface area contributed by atoms with Crippen molar-refractivity contribution in [3.8, 4) is 5.69 Å². The van der Waals surface area contributed by atoms with E-state index in [1.807, 2.05) is 13.8 Å². The topological polar surface area (TPSA) is 37.6 Å². The van der Waals surface area contributed by atoms with Crippen LogP contribution in [-0.4, -0.2) is 28.1 Å². The summed E-state index contributed by atoms with van der Waals surface area (Å²) in [5.41, 5.74) is -0.164. The van der Waals surface area contributed by atoms with Crippen molar-refractivity contribution in [3.05, 3.63) is 45.7 Å². The molecule has 2 amide bonds. The average molecular weight is 369 g/mol. The van der Waals surface area contributed by atoms with Gasteiger partial charge in [-0.25, -0.2) is 4.79 Å². The lowest BCUT2D eigenvalue weighted by Crippen LogP contribution is -2.32. The van der Waals surface area contributed by atoms with Crippen molar-refractivity contribution in [3.63, 3.8) is 0 Å². The van der Waals surface area contributed by atoms with Crippen LogP contribution >= 0.6 is 11.3 Å². The van der Waals surface area contributed by atoms with Gasteiger partial charge < -0.3 is 4.90 Å². The van der Waals surface area contributed by atoms with Crippen molar-refractivity contribution in [1.29, 1.82) is 0 Å². The van der Waals surface area contributed by atoms with Crippen LogP contribution < -0.4 is 4.80 Å². The van der Waals surface area contributed by atoms with Crippen molar-refractivity contribution in [2.24, 2.45) is 4.99 Å². The number of hydrogen-bond acceptors (Lipinski definition) is 2. The number of carbonyl (C=O) groups excluding carboxylic acids is 1. The highest BCUT2D eigenvalue weighted by atomic mass is 32.1. The quantitative estimate of drug-likeness (QED) is 0.735. The molecule has 2 heterocycles. The maximum Gasteiger partial charge on any atom is 0.416 e. The molecule has 0 saturated carbocycles. The highest BCUT2D eigenvalue weighted by Gasteiger charge is 2.30. The molecule has 4 nitrogen and oxygen atoms in total. The number of likely N-dealkylation sites (tertiary alicyclic amines) is 1. The molecule has 0 bridgehead atoms. The second kappa shape index (κ2) is 6.67. The highest BCUT2D eigenvalue weighted by Crippen LogP contribution is 2.29. The lowest BCUT2D eigenvalue weighted by molar-refractivity contribution is -0.137. The molecule has 3 rings (SSSR count). The van der Waals surface area contributed by atoms with Crippen LogP contribution in [0.15, 0.2) is 35.5 Å². The fraction of sp³-hybridized carbons (Fsp3) is 0.412. The molecule has 1 aliphatic heterocycles. The number of nitrogens with zero attached hydrogens (tertiary/aromatic N) is 3. The molecule has 0 spiro atoms. The minimum absolute atomic E-state index is 0.164. The average Bonchev–Trinajstić information content (AvgIpc) is 3.12. The predicted molar refractivity (Wildman–Crippen MR) is 89.7 cm³/mol. The third-order valence-corrected chi connectivity index (χ3v) is 5.13. The van der Waals surface area contributed by atoms with E-state index in [2.05, 4.69) is 4.99 Å². The van der Waals surface area contributed by atoms with Gasteiger partial charge >= 0.3 is 12.2 Å². The Morgan fingerprint density at radius 3 is 2.52 bits per heavy atom. The maximum atomic E-state index is 12.7. The zero-order valence-corrected chi connectivity index (χ0v) is 14.7. The van der Waals surface area contributed by atoms with Crippen LogP contribution in [0.3, 0.4) is 0 Å². The zero-order valence-electron chi connectivity index (χ0n) is 13.9. The van der Waals surface area contributed by atoms with Crippen LogP contribution in [0, 0.1) is 6.92 Å². The SMILES string of the molecule is Cc1cn(-c2ccc(C(F)(F)F)cc2)c(=NC(=O)N2CCC[C@H]2C)s1. The summed E-state index contributed by atoms with van der Waals surface area (Å²) < 4.78 is 39.8. The molecule has 25 heavy (non-hydrogen) atoms. The van der Waals surface area contributed by atoms with Crippen molar-refractivity contribution in [2.75, 3.05) is 6.54 Å². The van der Waals surface area contributed by atoms with Crippen molar-refractivity contribution >= 4 is 17.4 Å². The van der Waals surface area contributed by atoms with Gasteiger partial charge in [-0.05, 0) is 51.0 Å². The van der Waals surface area contributed by atoms with E-state index in [4.69, 9.17) is 0 Å². The molecule has 1 atom stereocenters. The molecule has 1 aromatic carbocycles. The minimum atomic E-state index is -4.37. The Bertz CT molecular complexity index is 836. The van der Waals surface area contributed by atoms with Gasteiger partial charge in [-0.2, -0.15) is 18.2 Å². The molecule has 0 aliphatic carbocycles. The number of hydrogen-bond donors (Lipinski definition) is 0. The minimum Gasteiger partial charge on any atom is -0.320 e. The van der Waals surface area contributed by atoms with E-state index in [9.17, 15) is 18.0 Å². The monoisotopic (exact) mass is 369 g/mol. The van der Waals surface area contributed by atoms with Gasteiger partial charge in [0.1, 0.15) is 0 Å². The number of urea groups is 1. The molecule has 1 fully saturated rings. The second-order valence-electron chi connectivity index (χ2n) is 6.12. The summed E-state index contributed by atoms with van der Waals surface area (Å²) in [6, 6.07) is 4.70. The van der Waals surface area contributed by atoms with Crippen LogP contribution in [0.4, 0.5) is 18.0 Å².